The minimum atomic E-state index is -4.95. The Labute approximate surface area is 556 Å². The van der Waals surface area contributed by atoms with Crippen molar-refractivity contribution in [1.29, 1.82) is 0 Å². The van der Waals surface area contributed by atoms with Crippen LogP contribution in [0.15, 0.2) is 0 Å². The molecule has 0 saturated heterocycles. The topological polar surface area (TPSA) is 237 Å². The summed E-state index contributed by atoms with van der Waals surface area (Å²) in [4.78, 5) is 72.6. The van der Waals surface area contributed by atoms with Crippen molar-refractivity contribution in [2.24, 2.45) is 17.8 Å². The molecule has 0 aliphatic heterocycles. The number of aliphatic hydroxyl groups excluding tert-OH is 1. The number of hydrogen-bond acceptors (Lipinski definition) is 15. The lowest BCUT2D eigenvalue weighted by Crippen LogP contribution is -2.30. The number of esters is 4. The first-order valence-corrected chi connectivity index (χ1v) is 40.4. The van der Waals surface area contributed by atoms with E-state index in [1.807, 2.05) is 0 Å². The van der Waals surface area contributed by atoms with Gasteiger partial charge in [-0.15, -0.1) is 0 Å². The van der Waals surface area contributed by atoms with Crippen molar-refractivity contribution >= 4 is 39.5 Å². The number of aliphatic hydroxyl groups is 1. The van der Waals surface area contributed by atoms with Gasteiger partial charge in [0.25, 0.3) is 0 Å². The van der Waals surface area contributed by atoms with Crippen molar-refractivity contribution in [1.82, 2.24) is 0 Å². The van der Waals surface area contributed by atoms with E-state index in [1.165, 1.54) is 167 Å². The maximum Gasteiger partial charge on any atom is 0.472 e. The van der Waals surface area contributed by atoms with Gasteiger partial charge in [-0.25, -0.2) is 9.13 Å². The van der Waals surface area contributed by atoms with E-state index in [9.17, 15) is 43.2 Å². The monoisotopic (exact) mass is 1340 g/mol. The van der Waals surface area contributed by atoms with E-state index in [1.54, 1.807) is 0 Å². The van der Waals surface area contributed by atoms with Crippen molar-refractivity contribution in [2.45, 2.75) is 381 Å². The lowest BCUT2D eigenvalue weighted by Gasteiger charge is -2.21. The molecule has 3 N–H and O–H groups in total. The van der Waals surface area contributed by atoms with Gasteiger partial charge in [-0.05, 0) is 43.4 Å². The number of rotatable bonds is 70. The molecular formula is C72H140O17P2. The second-order valence-electron chi connectivity index (χ2n) is 27.2. The van der Waals surface area contributed by atoms with Crippen LogP contribution in [0.4, 0.5) is 0 Å². The Morgan fingerprint density at radius 1 is 0.319 bits per heavy atom. The lowest BCUT2D eigenvalue weighted by molar-refractivity contribution is -0.161. The molecule has 19 heteroatoms. The Bertz CT molecular complexity index is 1790. The third-order valence-electron chi connectivity index (χ3n) is 17.0. The fourth-order valence-electron chi connectivity index (χ4n) is 10.9. The maximum absolute atomic E-state index is 13.0. The van der Waals surface area contributed by atoms with Gasteiger partial charge < -0.3 is 33.8 Å². The summed E-state index contributed by atoms with van der Waals surface area (Å²) >= 11 is 0. The van der Waals surface area contributed by atoms with E-state index in [4.69, 9.17) is 37.0 Å². The minimum absolute atomic E-state index is 0.106. The van der Waals surface area contributed by atoms with E-state index in [-0.39, 0.29) is 25.7 Å². The van der Waals surface area contributed by atoms with Gasteiger partial charge in [0.2, 0.25) is 0 Å². The van der Waals surface area contributed by atoms with Crippen molar-refractivity contribution in [3.63, 3.8) is 0 Å². The summed E-state index contributed by atoms with van der Waals surface area (Å²) in [5.74, 6) is 0.166. The number of ether oxygens (including phenoxy) is 4. The van der Waals surface area contributed by atoms with Crippen molar-refractivity contribution in [3.8, 4) is 0 Å². The Kier molecular flexibility index (Phi) is 61.5. The molecule has 3 unspecified atom stereocenters. The van der Waals surface area contributed by atoms with Crippen LogP contribution in [0.5, 0.6) is 0 Å². The van der Waals surface area contributed by atoms with Crippen LogP contribution in [-0.2, 0) is 65.4 Å². The third-order valence-corrected chi connectivity index (χ3v) is 18.9. The smallest absolute Gasteiger partial charge is 0.462 e. The number of phosphoric acid groups is 2. The highest BCUT2D eigenvalue weighted by atomic mass is 31.2. The van der Waals surface area contributed by atoms with Crippen LogP contribution in [0.3, 0.4) is 0 Å². The summed E-state index contributed by atoms with van der Waals surface area (Å²) in [6, 6.07) is 0. The molecule has 91 heavy (non-hydrogen) atoms. The molecule has 0 spiro atoms. The summed E-state index contributed by atoms with van der Waals surface area (Å²) in [6.07, 6.45) is 47.1. The Morgan fingerprint density at radius 2 is 0.560 bits per heavy atom. The third kappa shape index (κ3) is 65.1. The molecule has 0 bridgehead atoms. The first kappa shape index (κ1) is 89.1. The quantitative estimate of drug-likeness (QED) is 0.0222. The fraction of sp³-hybridized carbons (Fsp3) is 0.944. The first-order valence-electron chi connectivity index (χ1n) is 37.4. The van der Waals surface area contributed by atoms with Gasteiger partial charge in [0.1, 0.15) is 19.3 Å². The molecule has 0 radical (unpaired) electrons. The molecular weight excluding hydrogens is 1200 g/mol. The van der Waals surface area contributed by atoms with E-state index in [0.717, 1.165) is 114 Å². The first-order chi connectivity index (χ1) is 43.8. The molecule has 0 heterocycles. The van der Waals surface area contributed by atoms with E-state index >= 15 is 0 Å². The minimum Gasteiger partial charge on any atom is -0.462 e. The van der Waals surface area contributed by atoms with Crippen LogP contribution in [0.2, 0.25) is 0 Å². The van der Waals surface area contributed by atoms with Crippen LogP contribution in [0.25, 0.3) is 0 Å². The Hall–Kier alpha value is -1.94. The zero-order valence-corrected chi connectivity index (χ0v) is 61.1. The van der Waals surface area contributed by atoms with Crippen LogP contribution in [-0.4, -0.2) is 96.7 Å². The molecule has 0 aliphatic rings. The molecule has 0 aliphatic carbocycles. The van der Waals surface area contributed by atoms with Gasteiger partial charge in [0, 0.05) is 25.7 Å². The average molecular weight is 1340 g/mol. The number of hydrogen-bond donors (Lipinski definition) is 3. The maximum atomic E-state index is 13.0. The van der Waals surface area contributed by atoms with Gasteiger partial charge in [-0.3, -0.25) is 37.3 Å². The molecule has 0 aromatic rings. The highest BCUT2D eigenvalue weighted by Crippen LogP contribution is 2.45. The van der Waals surface area contributed by atoms with Crippen LogP contribution in [0.1, 0.15) is 363 Å². The standard InChI is InChI=1S/C72H140O17P2/c1-8-10-11-12-13-14-19-27-32-41-48-55-71(76)89-68(60-83-70(75)54-47-40-35-34-38-45-52-65(7)9-2)62-87-91(80,81)85-58-66(73)57-84-90(78,79)86-61-67(59-82-69(74)53-46-39-31-26-23-18-21-25-30-37-44-51-64(5)6)88-72(77)56-49-42-33-28-22-17-15-16-20-24-29-36-43-50-63(3)4/h63-68,73H,8-62H2,1-7H3,(H,78,79)(H,80,81)/t65?,66-,67-,68-/m1/s1. The van der Waals surface area contributed by atoms with E-state index in [2.05, 4.69) is 48.5 Å². The molecule has 0 fully saturated rings. The number of unbranched alkanes of at least 4 members (excludes halogenated alkanes) is 37. The largest absolute Gasteiger partial charge is 0.472 e. The van der Waals surface area contributed by atoms with Crippen molar-refractivity contribution in [3.05, 3.63) is 0 Å². The normalized spacial score (nSPS) is 14.5. The molecule has 540 valence electrons. The summed E-state index contributed by atoms with van der Waals surface area (Å²) in [5, 5.41) is 10.6. The predicted octanol–water partition coefficient (Wildman–Crippen LogP) is 20.6. The zero-order chi connectivity index (χ0) is 67.3. The predicted molar refractivity (Wildman–Crippen MR) is 368 cm³/mol. The van der Waals surface area contributed by atoms with Gasteiger partial charge in [-0.1, -0.05) is 312 Å². The molecule has 17 nitrogen and oxygen atoms in total. The van der Waals surface area contributed by atoms with Crippen molar-refractivity contribution < 1.29 is 80.2 Å². The second kappa shape index (κ2) is 62.8. The summed E-state index contributed by atoms with van der Waals surface area (Å²) in [7, 11) is -9.90. The summed E-state index contributed by atoms with van der Waals surface area (Å²) in [5.41, 5.74) is 0. The van der Waals surface area contributed by atoms with Crippen LogP contribution in [0, 0.1) is 17.8 Å². The molecule has 0 aromatic carbocycles. The highest BCUT2D eigenvalue weighted by molar-refractivity contribution is 7.47. The van der Waals surface area contributed by atoms with Crippen LogP contribution < -0.4 is 0 Å². The lowest BCUT2D eigenvalue weighted by atomic mass is 10.00. The van der Waals surface area contributed by atoms with Gasteiger partial charge in [0.15, 0.2) is 12.2 Å². The van der Waals surface area contributed by atoms with Crippen LogP contribution >= 0.6 is 15.6 Å². The van der Waals surface area contributed by atoms with Gasteiger partial charge in [-0.2, -0.15) is 0 Å². The van der Waals surface area contributed by atoms with E-state index in [0.29, 0.717) is 25.7 Å². The number of carbonyl (C=O) groups is 4. The highest BCUT2D eigenvalue weighted by Gasteiger charge is 2.30. The molecule has 6 atom stereocenters. The summed E-state index contributed by atoms with van der Waals surface area (Å²) < 4.78 is 68.4. The molecule has 0 saturated carbocycles. The summed E-state index contributed by atoms with van der Waals surface area (Å²) in [6.45, 7) is 11.8. The number of phosphoric ester groups is 2. The number of carbonyl (C=O) groups excluding carboxylic acids is 4. The molecule has 0 aromatic heterocycles. The second-order valence-corrected chi connectivity index (χ2v) is 30.1. The average Bonchev–Trinajstić information content (AvgIpc) is 2.92. The molecule has 0 amide bonds. The fourth-order valence-corrected chi connectivity index (χ4v) is 12.4. The Balaban J connectivity index is 5.25. The van der Waals surface area contributed by atoms with E-state index < -0.39 is 97.5 Å². The Morgan fingerprint density at radius 3 is 0.835 bits per heavy atom. The molecule has 0 rings (SSSR count). The van der Waals surface area contributed by atoms with Gasteiger partial charge in [0.05, 0.1) is 26.4 Å². The van der Waals surface area contributed by atoms with Gasteiger partial charge >= 0.3 is 39.5 Å². The zero-order valence-electron chi connectivity index (χ0n) is 59.3. The SMILES string of the molecule is CCCCCCCCCCCCCC(=O)O[C@H](COC(=O)CCCCCCCCC(C)CC)COP(=O)(O)OC[C@H](O)COP(=O)(O)OC[C@@H](COC(=O)CCCCCCCCCCCCCC(C)C)OC(=O)CCCCCCCCCCCCCCCC(C)C. The van der Waals surface area contributed by atoms with Crippen molar-refractivity contribution in [2.75, 3.05) is 39.6 Å².